The molecular weight excluding hydrogens is 312 g/mol. The highest BCUT2D eigenvalue weighted by Crippen LogP contribution is 2.33. The van der Waals surface area contributed by atoms with E-state index in [1.807, 2.05) is 36.4 Å². The molecule has 2 unspecified atom stereocenters. The monoisotopic (exact) mass is 338 g/mol. The van der Waals surface area contributed by atoms with Gasteiger partial charge in [-0.05, 0) is 60.1 Å². The van der Waals surface area contributed by atoms with Gasteiger partial charge < -0.3 is 9.84 Å². The first-order valence-corrected chi connectivity index (χ1v) is 8.74. The lowest BCUT2D eigenvalue weighted by Gasteiger charge is -2.21. The zero-order valence-electron chi connectivity index (χ0n) is 14.9. The van der Waals surface area contributed by atoms with Crippen molar-refractivity contribution < 1.29 is 14.6 Å². The Bertz CT molecular complexity index is 686. The van der Waals surface area contributed by atoms with Crippen LogP contribution in [0.3, 0.4) is 0 Å². The molecule has 1 N–H and O–H groups in total. The van der Waals surface area contributed by atoms with Crippen LogP contribution in [-0.4, -0.2) is 11.1 Å². The Balaban J connectivity index is 2.01. The second-order valence-corrected chi connectivity index (χ2v) is 6.37. The SMILES string of the molecule is C=CCC(=O)Oc1ccc(C(C)CC(CC)c2ccc(O)cc2)cc1. The molecule has 2 aromatic rings. The van der Waals surface area contributed by atoms with Crippen molar-refractivity contribution in [3.8, 4) is 11.5 Å². The predicted octanol–water partition coefficient (Wildman–Crippen LogP) is 5.56. The van der Waals surface area contributed by atoms with Crippen molar-refractivity contribution >= 4 is 5.97 Å². The first kappa shape index (κ1) is 18.8. The van der Waals surface area contributed by atoms with Gasteiger partial charge in [0.05, 0.1) is 6.42 Å². The van der Waals surface area contributed by atoms with Gasteiger partial charge >= 0.3 is 5.97 Å². The molecule has 25 heavy (non-hydrogen) atoms. The Labute approximate surface area is 150 Å². The van der Waals surface area contributed by atoms with Crippen molar-refractivity contribution in [2.45, 2.75) is 44.9 Å². The van der Waals surface area contributed by atoms with Crippen molar-refractivity contribution in [2.24, 2.45) is 0 Å². The van der Waals surface area contributed by atoms with Gasteiger partial charge in [-0.15, -0.1) is 6.58 Å². The Morgan fingerprint density at radius 3 is 2.28 bits per heavy atom. The minimum Gasteiger partial charge on any atom is -0.508 e. The highest BCUT2D eigenvalue weighted by atomic mass is 16.5. The second-order valence-electron chi connectivity index (χ2n) is 6.37. The van der Waals surface area contributed by atoms with Crippen LogP contribution >= 0.6 is 0 Å². The van der Waals surface area contributed by atoms with Gasteiger partial charge in [-0.1, -0.05) is 44.2 Å². The average Bonchev–Trinajstić information content (AvgIpc) is 2.61. The highest BCUT2D eigenvalue weighted by molar-refractivity contribution is 5.73. The molecule has 0 bridgehead atoms. The molecule has 0 aliphatic rings. The van der Waals surface area contributed by atoms with Crippen molar-refractivity contribution in [3.63, 3.8) is 0 Å². The summed E-state index contributed by atoms with van der Waals surface area (Å²) in [6, 6.07) is 15.2. The van der Waals surface area contributed by atoms with Crippen LogP contribution in [0.4, 0.5) is 0 Å². The topological polar surface area (TPSA) is 46.5 Å². The van der Waals surface area contributed by atoms with E-state index in [9.17, 15) is 9.90 Å². The fourth-order valence-corrected chi connectivity index (χ4v) is 3.00. The maximum atomic E-state index is 11.5. The van der Waals surface area contributed by atoms with Crippen LogP contribution in [0, 0.1) is 0 Å². The number of ether oxygens (including phenoxy) is 1. The lowest BCUT2D eigenvalue weighted by atomic mass is 9.84. The molecule has 0 aromatic heterocycles. The van der Waals surface area contributed by atoms with E-state index < -0.39 is 0 Å². The van der Waals surface area contributed by atoms with E-state index in [0.717, 1.165) is 12.8 Å². The summed E-state index contributed by atoms with van der Waals surface area (Å²) in [6.45, 7) is 7.93. The standard InChI is InChI=1S/C22H26O3/c1-4-6-22(24)25-21-13-9-18(10-14-21)16(3)15-17(5-2)19-7-11-20(23)12-8-19/h4,7-14,16-17,23H,1,5-6,15H2,2-3H3. The van der Waals surface area contributed by atoms with Crippen LogP contribution in [0.1, 0.15) is 56.1 Å². The number of phenolic OH excluding ortho intramolecular Hbond substituents is 1. The Kier molecular flexibility index (Phi) is 6.81. The number of carbonyl (C=O) groups is 1. The van der Waals surface area contributed by atoms with E-state index in [2.05, 4.69) is 20.4 Å². The van der Waals surface area contributed by atoms with E-state index in [-0.39, 0.29) is 12.4 Å². The second kappa shape index (κ2) is 9.07. The molecule has 0 spiro atoms. The molecule has 0 aliphatic carbocycles. The Morgan fingerprint density at radius 2 is 1.72 bits per heavy atom. The van der Waals surface area contributed by atoms with Gasteiger partial charge in [0.15, 0.2) is 0 Å². The van der Waals surface area contributed by atoms with Crippen LogP contribution < -0.4 is 4.74 Å². The molecule has 2 rings (SSSR count). The minimum atomic E-state index is -0.297. The molecule has 0 fully saturated rings. The fourth-order valence-electron chi connectivity index (χ4n) is 3.00. The summed E-state index contributed by atoms with van der Waals surface area (Å²) in [7, 11) is 0. The third-order valence-electron chi connectivity index (χ3n) is 4.49. The van der Waals surface area contributed by atoms with E-state index in [1.165, 1.54) is 17.2 Å². The third-order valence-corrected chi connectivity index (χ3v) is 4.49. The fraction of sp³-hybridized carbons (Fsp3) is 0.318. The molecular formula is C22H26O3. The van der Waals surface area contributed by atoms with Crippen molar-refractivity contribution in [3.05, 3.63) is 72.3 Å². The summed E-state index contributed by atoms with van der Waals surface area (Å²) in [4.78, 5) is 11.5. The van der Waals surface area contributed by atoms with Crippen LogP contribution in [-0.2, 0) is 4.79 Å². The largest absolute Gasteiger partial charge is 0.508 e. The summed E-state index contributed by atoms with van der Waals surface area (Å²) >= 11 is 0. The van der Waals surface area contributed by atoms with Gasteiger partial charge in [0.1, 0.15) is 11.5 Å². The first-order valence-electron chi connectivity index (χ1n) is 8.74. The first-order chi connectivity index (χ1) is 12.0. The smallest absolute Gasteiger partial charge is 0.315 e. The molecule has 0 saturated carbocycles. The number of carbonyl (C=O) groups excluding carboxylic acids is 1. The lowest BCUT2D eigenvalue weighted by molar-refractivity contribution is -0.133. The predicted molar refractivity (Wildman–Crippen MR) is 101 cm³/mol. The number of hydrogen-bond donors (Lipinski definition) is 1. The van der Waals surface area contributed by atoms with E-state index in [1.54, 1.807) is 12.1 Å². The number of rotatable bonds is 8. The number of hydrogen-bond acceptors (Lipinski definition) is 3. The van der Waals surface area contributed by atoms with Gasteiger partial charge in [-0.3, -0.25) is 4.79 Å². The van der Waals surface area contributed by atoms with Crippen molar-refractivity contribution in [1.82, 2.24) is 0 Å². The van der Waals surface area contributed by atoms with Gasteiger partial charge in [0, 0.05) is 0 Å². The minimum absolute atomic E-state index is 0.211. The van der Waals surface area contributed by atoms with E-state index in [0.29, 0.717) is 23.3 Å². The third kappa shape index (κ3) is 5.49. The number of esters is 1. The summed E-state index contributed by atoms with van der Waals surface area (Å²) in [6.07, 6.45) is 3.82. The molecule has 3 nitrogen and oxygen atoms in total. The Morgan fingerprint density at radius 1 is 1.12 bits per heavy atom. The molecule has 0 saturated heterocycles. The molecule has 0 radical (unpaired) electrons. The summed E-state index contributed by atoms with van der Waals surface area (Å²) in [5.74, 6) is 1.40. The van der Waals surface area contributed by atoms with Crippen molar-refractivity contribution in [2.75, 3.05) is 0 Å². The van der Waals surface area contributed by atoms with Crippen molar-refractivity contribution in [1.29, 1.82) is 0 Å². The van der Waals surface area contributed by atoms with E-state index in [4.69, 9.17) is 4.74 Å². The van der Waals surface area contributed by atoms with Crippen LogP contribution in [0.15, 0.2) is 61.2 Å². The van der Waals surface area contributed by atoms with Crippen LogP contribution in [0.25, 0.3) is 0 Å². The summed E-state index contributed by atoms with van der Waals surface area (Å²) in [5.41, 5.74) is 2.47. The molecule has 0 heterocycles. The van der Waals surface area contributed by atoms with Crippen LogP contribution in [0.5, 0.6) is 11.5 Å². The molecule has 132 valence electrons. The maximum Gasteiger partial charge on any atom is 0.315 e. The van der Waals surface area contributed by atoms with Gasteiger partial charge in [0.25, 0.3) is 0 Å². The van der Waals surface area contributed by atoms with E-state index >= 15 is 0 Å². The quantitative estimate of drug-likeness (QED) is 0.389. The highest BCUT2D eigenvalue weighted by Gasteiger charge is 2.15. The number of phenols is 1. The number of benzene rings is 2. The zero-order chi connectivity index (χ0) is 18.2. The molecule has 2 aromatic carbocycles. The lowest BCUT2D eigenvalue weighted by Crippen LogP contribution is -2.06. The number of aromatic hydroxyl groups is 1. The summed E-state index contributed by atoms with van der Waals surface area (Å²) in [5, 5.41) is 9.45. The molecule has 0 amide bonds. The Hall–Kier alpha value is -2.55. The van der Waals surface area contributed by atoms with Crippen LogP contribution in [0.2, 0.25) is 0 Å². The van der Waals surface area contributed by atoms with Gasteiger partial charge in [-0.25, -0.2) is 0 Å². The molecule has 3 heteroatoms. The van der Waals surface area contributed by atoms with Gasteiger partial charge in [0.2, 0.25) is 0 Å². The average molecular weight is 338 g/mol. The van der Waals surface area contributed by atoms with Gasteiger partial charge in [-0.2, -0.15) is 0 Å². The molecule has 0 aliphatic heterocycles. The normalized spacial score (nSPS) is 13.0. The zero-order valence-corrected chi connectivity index (χ0v) is 14.9. The molecule has 2 atom stereocenters. The summed E-state index contributed by atoms with van der Waals surface area (Å²) < 4.78 is 5.24. The maximum absolute atomic E-state index is 11.5.